The van der Waals surface area contributed by atoms with E-state index in [-0.39, 0.29) is 12.5 Å². The summed E-state index contributed by atoms with van der Waals surface area (Å²) in [5, 5.41) is 11.3. The highest BCUT2D eigenvalue weighted by Gasteiger charge is 2.17. The van der Waals surface area contributed by atoms with Gasteiger partial charge >= 0.3 is 11.9 Å². The molecule has 0 bridgehead atoms. The molecule has 5 heteroatoms. The number of esters is 1. The van der Waals surface area contributed by atoms with Gasteiger partial charge in [-0.2, -0.15) is 0 Å². The Morgan fingerprint density at radius 2 is 1.79 bits per heavy atom. The number of benzene rings is 1. The van der Waals surface area contributed by atoms with Gasteiger partial charge in [-0.3, -0.25) is 4.79 Å². The minimum atomic E-state index is -0.898. The van der Waals surface area contributed by atoms with E-state index < -0.39 is 11.6 Å². The molecule has 104 valence electrons. The zero-order chi connectivity index (χ0) is 14.5. The molecule has 0 saturated carbocycles. The van der Waals surface area contributed by atoms with Gasteiger partial charge in [-0.15, -0.1) is 0 Å². The molecular weight excluding hydrogens is 246 g/mol. The van der Waals surface area contributed by atoms with Gasteiger partial charge < -0.3 is 15.2 Å². The second kappa shape index (κ2) is 6.33. The second-order valence-corrected chi connectivity index (χ2v) is 5.20. The third-order valence-corrected chi connectivity index (χ3v) is 2.19. The summed E-state index contributed by atoms with van der Waals surface area (Å²) in [4.78, 5) is 22.1. The third-order valence-electron chi connectivity index (χ3n) is 2.19. The van der Waals surface area contributed by atoms with Crippen LogP contribution in [0, 0.1) is 0 Å². The number of hydrogen-bond acceptors (Lipinski definition) is 4. The van der Waals surface area contributed by atoms with Gasteiger partial charge in [0.15, 0.2) is 0 Å². The van der Waals surface area contributed by atoms with Gasteiger partial charge in [0.2, 0.25) is 0 Å². The molecule has 1 aromatic rings. The number of carbonyl (C=O) groups excluding carboxylic acids is 1. The fraction of sp³-hybridized carbons (Fsp3) is 0.429. The molecule has 0 aromatic heterocycles. The number of aliphatic carboxylic acids is 1. The highest BCUT2D eigenvalue weighted by Crippen LogP contribution is 2.12. The van der Waals surface area contributed by atoms with Crippen molar-refractivity contribution >= 4 is 11.9 Å². The smallest absolute Gasteiger partial charge is 0.338 e. The minimum absolute atomic E-state index is 0.0895. The predicted molar refractivity (Wildman–Crippen MR) is 71.0 cm³/mol. The van der Waals surface area contributed by atoms with Crippen LogP contribution in [0.5, 0.6) is 0 Å². The van der Waals surface area contributed by atoms with Crippen molar-refractivity contribution in [2.75, 3.05) is 6.54 Å². The third kappa shape index (κ3) is 6.01. The Morgan fingerprint density at radius 1 is 1.21 bits per heavy atom. The first-order valence-corrected chi connectivity index (χ1v) is 6.03. The summed E-state index contributed by atoms with van der Waals surface area (Å²) in [6, 6.07) is 6.89. The topological polar surface area (TPSA) is 75.6 Å². The summed E-state index contributed by atoms with van der Waals surface area (Å²) in [7, 11) is 0. The van der Waals surface area contributed by atoms with Crippen LogP contribution in [-0.4, -0.2) is 29.2 Å². The first kappa shape index (κ1) is 15.2. The molecule has 0 fully saturated rings. The number of carboxylic acid groups (broad SMARTS) is 1. The van der Waals surface area contributed by atoms with Crippen LogP contribution in [0.3, 0.4) is 0 Å². The van der Waals surface area contributed by atoms with E-state index in [0.717, 1.165) is 5.56 Å². The van der Waals surface area contributed by atoms with E-state index >= 15 is 0 Å². The highest BCUT2D eigenvalue weighted by molar-refractivity contribution is 5.89. The van der Waals surface area contributed by atoms with Crippen molar-refractivity contribution in [3.05, 3.63) is 35.4 Å². The van der Waals surface area contributed by atoms with Crippen LogP contribution in [0.25, 0.3) is 0 Å². The molecule has 0 atom stereocenters. The molecular formula is C14H19NO4. The average Bonchev–Trinajstić information content (AvgIpc) is 2.27. The molecule has 0 heterocycles. The van der Waals surface area contributed by atoms with Crippen LogP contribution >= 0.6 is 0 Å². The maximum Gasteiger partial charge on any atom is 0.338 e. The zero-order valence-corrected chi connectivity index (χ0v) is 11.4. The van der Waals surface area contributed by atoms with Crippen molar-refractivity contribution in [2.45, 2.75) is 32.9 Å². The molecule has 5 nitrogen and oxygen atoms in total. The number of carboxylic acids is 1. The van der Waals surface area contributed by atoms with E-state index in [1.54, 1.807) is 24.3 Å². The standard InChI is InChI=1S/C14H19NO4/c1-14(2,3)19-13(18)11-6-4-10(5-7-11)8-15-9-12(16)17/h4-7,15H,8-9H2,1-3H3,(H,16,17). The average molecular weight is 265 g/mol. The number of rotatable bonds is 5. The van der Waals surface area contributed by atoms with Crippen molar-refractivity contribution in [1.82, 2.24) is 5.32 Å². The summed E-state index contributed by atoms with van der Waals surface area (Å²) in [6.07, 6.45) is 0. The molecule has 0 amide bonds. The quantitative estimate of drug-likeness (QED) is 0.794. The molecule has 0 unspecified atom stereocenters. The summed E-state index contributed by atoms with van der Waals surface area (Å²) in [6.45, 7) is 5.80. The van der Waals surface area contributed by atoms with Gasteiger partial charge in [0.25, 0.3) is 0 Å². The van der Waals surface area contributed by atoms with E-state index in [4.69, 9.17) is 9.84 Å². The van der Waals surface area contributed by atoms with Gasteiger partial charge in [0, 0.05) is 6.54 Å². The predicted octanol–water partition coefficient (Wildman–Crippen LogP) is 1.82. The summed E-state index contributed by atoms with van der Waals surface area (Å²) >= 11 is 0. The molecule has 0 aliphatic rings. The van der Waals surface area contributed by atoms with E-state index in [0.29, 0.717) is 12.1 Å². The van der Waals surface area contributed by atoms with Crippen molar-refractivity contribution in [3.8, 4) is 0 Å². The van der Waals surface area contributed by atoms with Crippen LogP contribution in [0.1, 0.15) is 36.7 Å². The van der Waals surface area contributed by atoms with E-state index in [1.165, 1.54) is 0 Å². The van der Waals surface area contributed by atoms with Gasteiger partial charge in [0.1, 0.15) is 5.60 Å². The largest absolute Gasteiger partial charge is 0.480 e. The van der Waals surface area contributed by atoms with Crippen molar-refractivity contribution < 1.29 is 19.4 Å². The van der Waals surface area contributed by atoms with Crippen molar-refractivity contribution in [1.29, 1.82) is 0 Å². The van der Waals surface area contributed by atoms with E-state index in [1.807, 2.05) is 20.8 Å². The Balaban J connectivity index is 2.56. The monoisotopic (exact) mass is 265 g/mol. The molecule has 1 rings (SSSR count). The number of ether oxygens (including phenoxy) is 1. The number of nitrogens with one attached hydrogen (secondary N) is 1. The molecule has 0 radical (unpaired) electrons. The molecule has 0 saturated heterocycles. The maximum atomic E-state index is 11.8. The SMILES string of the molecule is CC(C)(C)OC(=O)c1ccc(CNCC(=O)O)cc1. The van der Waals surface area contributed by atoms with Crippen molar-refractivity contribution in [3.63, 3.8) is 0 Å². The second-order valence-electron chi connectivity index (χ2n) is 5.20. The Bertz CT molecular complexity index is 446. The first-order valence-electron chi connectivity index (χ1n) is 6.03. The number of carbonyl (C=O) groups is 2. The lowest BCUT2D eigenvalue weighted by Gasteiger charge is -2.19. The Kier molecular flexibility index (Phi) is 5.06. The molecule has 0 aliphatic carbocycles. The Morgan fingerprint density at radius 3 is 2.26 bits per heavy atom. The van der Waals surface area contributed by atoms with Gasteiger partial charge in [0.05, 0.1) is 12.1 Å². The molecule has 19 heavy (non-hydrogen) atoms. The summed E-state index contributed by atoms with van der Waals surface area (Å²) in [5.41, 5.74) is 0.879. The van der Waals surface area contributed by atoms with E-state index in [2.05, 4.69) is 5.32 Å². The summed E-state index contributed by atoms with van der Waals surface area (Å²) < 4.78 is 5.24. The maximum absolute atomic E-state index is 11.8. The van der Waals surface area contributed by atoms with Gasteiger partial charge in [-0.25, -0.2) is 4.79 Å². The molecule has 0 aliphatic heterocycles. The van der Waals surface area contributed by atoms with Crippen LogP contribution in [0.15, 0.2) is 24.3 Å². The fourth-order valence-corrected chi connectivity index (χ4v) is 1.41. The summed E-state index contributed by atoms with van der Waals surface area (Å²) in [5.74, 6) is -1.26. The lowest BCUT2D eigenvalue weighted by atomic mass is 10.1. The lowest BCUT2D eigenvalue weighted by Crippen LogP contribution is -2.24. The highest BCUT2D eigenvalue weighted by atomic mass is 16.6. The van der Waals surface area contributed by atoms with Gasteiger partial charge in [-0.05, 0) is 38.5 Å². The van der Waals surface area contributed by atoms with Crippen LogP contribution in [0.2, 0.25) is 0 Å². The van der Waals surface area contributed by atoms with Gasteiger partial charge in [-0.1, -0.05) is 12.1 Å². The Hall–Kier alpha value is -1.88. The molecule has 0 spiro atoms. The van der Waals surface area contributed by atoms with Crippen LogP contribution in [0.4, 0.5) is 0 Å². The minimum Gasteiger partial charge on any atom is -0.480 e. The van der Waals surface area contributed by atoms with E-state index in [9.17, 15) is 9.59 Å². The molecule has 2 N–H and O–H groups in total. The fourth-order valence-electron chi connectivity index (χ4n) is 1.41. The zero-order valence-electron chi connectivity index (χ0n) is 11.4. The lowest BCUT2D eigenvalue weighted by molar-refractivity contribution is -0.136. The number of hydrogen-bond donors (Lipinski definition) is 2. The molecule has 1 aromatic carbocycles. The van der Waals surface area contributed by atoms with Crippen LogP contribution < -0.4 is 5.32 Å². The first-order chi connectivity index (χ1) is 8.78. The Labute approximate surface area is 112 Å². The van der Waals surface area contributed by atoms with Crippen molar-refractivity contribution in [2.24, 2.45) is 0 Å². The van der Waals surface area contributed by atoms with Crippen LogP contribution in [-0.2, 0) is 16.1 Å². The normalized spacial score (nSPS) is 11.1.